The third-order valence-corrected chi connectivity index (χ3v) is 5.50. The van der Waals surface area contributed by atoms with Crippen LogP contribution in [-0.2, 0) is 12.7 Å². The highest BCUT2D eigenvalue weighted by atomic mass is 32.1. The van der Waals surface area contributed by atoms with E-state index in [0.717, 1.165) is 28.1 Å². The van der Waals surface area contributed by atoms with E-state index in [1.54, 1.807) is 0 Å². The zero-order valence-electron chi connectivity index (χ0n) is 17.5. The number of benzene rings is 3. The fourth-order valence-corrected chi connectivity index (χ4v) is 3.94. The number of hydrogen-bond acceptors (Lipinski definition) is 2. The van der Waals surface area contributed by atoms with Crippen LogP contribution in [0.25, 0.3) is 10.8 Å². The summed E-state index contributed by atoms with van der Waals surface area (Å²) < 4.78 is 41.6. The summed E-state index contributed by atoms with van der Waals surface area (Å²) >= 11 is 5.30. The van der Waals surface area contributed by atoms with E-state index in [0.29, 0.717) is 17.9 Å². The first-order chi connectivity index (χ1) is 15.2. The molecule has 0 saturated carbocycles. The molecule has 0 bridgehead atoms. The van der Waals surface area contributed by atoms with E-state index in [9.17, 15) is 13.2 Å². The number of hydrogen-bond donors (Lipinski definition) is 2. The monoisotopic (exact) mass is 454 g/mol. The van der Waals surface area contributed by atoms with Gasteiger partial charge in [-0.3, -0.25) is 4.68 Å². The van der Waals surface area contributed by atoms with Crippen LogP contribution < -0.4 is 10.6 Å². The Kier molecular flexibility index (Phi) is 5.88. The van der Waals surface area contributed by atoms with E-state index < -0.39 is 11.7 Å². The van der Waals surface area contributed by atoms with Gasteiger partial charge in [0.05, 0.1) is 34.9 Å². The molecule has 0 aliphatic carbocycles. The van der Waals surface area contributed by atoms with Gasteiger partial charge in [0, 0.05) is 0 Å². The maximum absolute atomic E-state index is 13.3. The number of halogens is 3. The van der Waals surface area contributed by atoms with E-state index >= 15 is 0 Å². The Hall–Kier alpha value is -3.39. The van der Waals surface area contributed by atoms with Crippen molar-refractivity contribution in [1.82, 2.24) is 9.78 Å². The average molecular weight is 455 g/mol. The first-order valence-corrected chi connectivity index (χ1v) is 10.4. The van der Waals surface area contributed by atoms with Crippen LogP contribution in [0.1, 0.15) is 22.5 Å². The van der Waals surface area contributed by atoms with E-state index in [1.165, 1.54) is 18.2 Å². The maximum atomic E-state index is 13.3. The SMILES string of the molecule is Cc1nn(Cc2cccc3ccccc23)c(C)c1NC(=S)Nc1ccccc1C(F)(F)F. The number of thiocarbonyl (C=S) groups is 1. The zero-order chi connectivity index (χ0) is 22.9. The van der Waals surface area contributed by atoms with Gasteiger partial charge in [-0.2, -0.15) is 18.3 Å². The highest BCUT2D eigenvalue weighted by molar-refractivity contribution is 7.80. The first-order valence-electron chi connectivity index (χ1n) is 9.99. The molecule has 0 aliphatic heterocycles. The third-order valence-electron chi connectivity index (χ3n) is 5.30. The Bertz CT molecular complexity index is 1290. The van der Waals surface area contributed by atoms with Crippen LogP contribution >= 0.6 is 12.2 Å². The molecule has 2 N–H and O–H groups in total. The second kappa shape index (κ2) is 8.63. The predicted octanol–water partition coefficient (Wildman–Crippen LogP) is 6.53. The second-order valence-electron chi connectivity index (χ2n) is 7.46. The summed E-state index contributed by atoms with van der Waals surface area (Å²) in [6, 6.07) is 19.5. The minimum absolute atomic E-state index is 0.0672. The van der Waals surface area contributed by atoms with Gasteiger partial charge in [0.1, 0.15) is 0 Å². The summed E-state index contributed by atoms with van der Waals surface area (Å²) in [4.78, 5) is 0. The molecule has 32 heavy (non-hydrogen) atoms. The number of anilines is 2. The normalized spacial score (nSPS) is 11.5. The van der Waals surface area contributed by atoms with Gasteiger partial charge in [-0.1, -0.05) is 54.6 Å². The molecule has 0 radical (unpaired) electrons. The van der Waals surface area contributed by atoms with Crippen LogP contribution in [0.4, 0.5) is 24.5 Å². The van der Waals surface area contributed by atoms with Crippen molar-refractivity contribution in [1.29, 1.82) is 0 Å². The molecule has 8 heteroatoms. The highest BCUT2D eigenvalue weighted by Gasteiger charge is 2.33. The third kappa shape index (κ3) is 4.45. The second-order valence-corrected chi connectivity index (χ2v) is 7.87. The largest absolute Gasteiger partial charge is 0.418 e. The maximum Gasteiger partial charge on any atom is 0.418 e. The van der Waals surface area contributed by atoms with E-state index in [2.05, 4.69) is 40.0 Å². The summed E-state index contributed by atoms with van der Waals surface area (Å²) in [6.45, 7) is 4.30. The van der Waals surface area contributed by atoms with Crippen molar-refractivity contribution in [2.75, 3.05) is 10.6 Å². The van der Waals surface area contributed by atoms with Crippen LogP contribution in [0.3, 0.4) is 0 Å². The van der Waals surface area contributed by atoms with Crippen molar-refractivity contribution in [3.05, 3.63) is 89.2 Å². The Morgan fingerprint density at radius 3 is 2.41 bits per heavy atom. The van der Waals surface area contributed by atoms with Gasteiger partial charge in [0.15, 0.2) is 5.11 Å². The van der Waals surface area contributed by atoms with Gasteiger partial charge < -0.3 is 10.6 Å². The van der Waals surface area contributed by atoms with Gasteiger partial charge in [0.25, 0.3) is 0 Å². The number of alkyl halides is 3. The molecule has 0 saturated heterocycles. The van der Waals surface area contributed by atoms with E-state index in [-0.39, 0.29) is 10.8 Å². The van der Waals surface area contributed by atoms with Crippen molar-refractivity contribution >= 4 is 39.5 Å². The van der Waals surface area contributed by atoms with E-state index in [4.69, 9.17) is 12.2 Å². The molecule has 164 valence electrons. The number of nitrogens with one attached hydrogen (secondary N) is 2. The molecule has 1 heterocycles. The highest BCUT2D eigenvalue weighted by Crippen LogP contribution is 2.34. The van der Waals surface area contributed by atoms with Gasteiger partial charge >= 0.3 is 6.18 Å². The van der Waals surface area contributed by atoms with Crippen LogP contribution in [0.15, 0.2) is 66.7 Å². The summed E-state index contributed by atoms with van der Waals surface area (Å²) in [5.41, 5.74) is 2.46. The van der Waals surface area contributed by atoms with Crippen LogP contribution in [0.5, 0.6) is 0 Å². The minimum atomic E-state index is -4.48. The van der Waals surface area contributed by atoms with Gasteiger partial charge in [-0.05, 0) is 54.5 Å². The summed E-state index contributed by atoms with van der Waals surface area (Å²) in [6.07, 6.45) is -4.48. The lowest BCUT2D eigenvalue weighted by molar-refractivity contribution is -0.136. The molecule has 4 rings (SSSR count). The van der Waals surface area contributed by atoms with Crippen molar-refractivity contribution in [3.8, 4) is 0 Å². The molecular formula is C24H21F3N4S. The Labute approximate surface area is 189 Å². The lowest BCUT2D eigenvalue weighted by Crippen LogP contribution is -2.22. The summed E-state index contributed by atoms with van der Waals surface area (Å²) in [7, 11) is 0. The number of para-hydroxylation sites is 1. The molecule has 0 unspecified atom stereocenters. The van der Waals surface area contributed by atoms with Crippen LogP contribution in [0, 0.1) is 13.8 Å². The minimum Gasteiger partial charge on any atom is -0.332 e. The lowest BCUT2D eigenvalue weighted by Gasteiger charge is -2.16. The van der Waals surface area contributed by atoms with Crippen molar-refractivity contribution < 1.29 is 13.2 Å². The molecule has 0 aliphatic rings. The zero-order valence-corrected chi connectivity index (χ0v) is 18.3. The number of rotatable bonds is 4. The Balaban J connectivity index is 1.56. The fourth-order valence-electron chi connectivity index (χ4n) is 3.73. The van der Waals surface area contributed by atoms with E-state index in [1.807, 2.05) is 36.7 Å². The molecule has 0 atom stereocenters. The average Bonchev–Trinajstić information content (AvgIpc) is 3.01. The number of aromatic nitrogens is 2. The van der Waals surface area contributed by atoms with Crippen LogP contribution in [-0.4, -0.2) is 14.9 Å². The number of nitrogens with zero attached hydrogens (tertiary/aromatic N) is 2. The molecule has 0 spiro atoms. The quantitative estimate of drug-likeness (QED) is 0.344. The fraction of sp³-hybridized carbons (Fsp3) is 0.167. The lowest BCUT2D eigenvalue weighted by atomic mass is 10.0. The van der Waals surface area contributed by atoms with Crippen molar-refractivity contribution in [2.45, 2.75) is 26.6 Å². The molecule has 0 amide bonds. The van der Waals surface area contributed by atoms with Crippen molar-refractivity contribution in [2.24, 2.45) is 0 Å². The van der Waals surface area contributed by atoms with Gasteiger partial charge in [-0.25, -0.2) is 0 Å². The van der Waals surface area contributed by atoms with Gasteiger partial charge in [0.2, 0.25) is 0 Å². The topological polar surface area (TPSA) is 41.9 Å². The van der Waals surface area contributed by atoms with Gasteiger partial charge in [-0.15, -0.1) is 0 Å². The molecule has 4 nitrogen and oxygen atoms in total. The van der Waals surface area contributed by atoms with Crippen molar-refractivity contribution in [3.63, 3.8) is 0 Å². The molecule has 4 aromatic rings. The standard InChI is InChI=1S/C24H21F3N4S/c1-15-22(29-23(32)28-21-13-6-5-12-20(21)24(25,26)27)16(2)31(30-15)14-18-10-7-9-17-8-3-4-11-19(17)18/h3-13H,14H2,1-2H3,(H2,28,29,32). The number of fused-ring (bicyclic) bond motifs is 1. The molecular weight excluding hydrogens is 433 g/mol. The predicted molar refractivity (Wildman–Crippen MR) is 126 cm³/mol. The molecule has 0 fully saturated rings. The number of aryl methyl sites for hydroxylation is 1. The smallest absolute Gasteiger partial charge is 0.332 e. The van der Waals surface area contributed by atoms with Crippen LogP contribution in [0.2, 0.25) is 0 Å². The Morgan fingerprint density at radius 1 is 0.938 bits per heavy atom. The summed E-state index contributed by atoms with van der Waals surface area (Å²) in [5, 5.41) is 12.7. The first kappa shape index (κ1) is 21.8. The Morgan fingerprint density at radius 2 is 1.62 bits per heavy atom. The molecule has 1 aromatic heterocycles. The summed E-state index contributed by atoms with van der Waals surface area (Å²) in [5.74, 6) is 0. The molecule has 3 aromatic carbocycles.